The van der Waals surface area contributed by atoms with Gasteiger partial charge in [-0.1, -0.05) is 41.6 Å². The molecule has 0 aliphatic carbocycles. The SMILES string of the molecule is Cc1cc(CNCC(O)c2ccc3ccccc3c2)no1. The van der Waals surface area contributed by atoms with Crippen LogP contribution in [-0.4, -0.2) is 16.8 Å². The Kier molecular flexibility index (Phi) is 3.99. The first-order chi connectivity index (χ1) is 10.2. The van der Waals surface area contributed by atoms with Gasteiger partial charge in [-0.15, -0.1) is 0 Å². The normalized spacial score (nSPS) is 12.7. The molecule has 0 fully saturated rings. The lowest BCUT2D eigenvalue weighted by Gasteiger charge is -2.12. The molecule has 0 saturated carbocycles. The van der Waals surface area contributed by atoms with E-state index in [0.717, 1.165) is 22.4 Å². The Morgan fingerprint density at radius 3 is 2.71 bits per heavy atom. The molecule has 2 N–H and O–H groups in total. The Hall–Kier alpha value is -2.17. The van der Waals surface area contributed by atoms with Gasteiger partial charge in [-0.3, -0.25) is 0 Å². The molecule has 0 bridgehead atoms. The number of aromatic nitrogens is 1. The van der Waals surface area contributed by atoms with Crippen LogP contribution in [0.3, 0.4) is 0 Å². The summed E-state index contributed by atoms with van der Waals surface area (Å²) in [5.74, 6) is 0.793. The molecule has 0 aliphatic rings. The number of nitrogens with zero attached hydrogens (tertiary/aromatic N) is 1. The quantitative estimate of drug-likeness (QED) is 0.755. The number of hydrogen-bond donors (Lipinski definition) is 2. The average Bonchev–Trinajstić information content (AvgIpc) is 2.92. The summed E-state index contributed by atoms with van der Waals surface area (Å²) in [7, 11) is 0. The van der Waals surface area contributed by atoms with E-state index in [0.29, 0.717) is 13.1 Å². The monoisotopic (exact) mass is 282 g/mol. The van der Waals surface area contributed by atoms with Crippen LogP contribution >= 0.6 is 0 Å². The number of fused-ring (bicyclic) bond motifs is 1. The minimum absolute atomic E-state index is 0.476. The molecule has 1 unspecified atom stereocenters. The summed E-state index contributed by atoms with van der Waals surface area (Å²) >= 11 is 0. The molecular weight excluding hydrogens is 264 g/mol. The summed E-state index contributed by atoms with van der Waals surface area (Å²) in [6.07, 6.45) is -0.539. The summed E-state index contributed by atoms with van der Waals surface area (Å²) in [6, 6.07) is 16.1. The van der Waals surface area contributed by atoms with Gasteiger partial charge >= 0.3 is 0 Å². The summed E-state index contributed by atoms with van der Waals surface area (Å²) in [4.78, 5) is 0. The molecule has 3 rings (SSSR count). The summed E-state index contributed by atoms with van der Waals surface area (Å²) < 4.78 is 5.00. The molecule has 3 aromatic rings. The summed E-state index contributed by atoms with van der Waals surface area (Å²) in [6.45, 7) is 2.92. The van der Waals surface area contributed by atoms with E-state index in [1.165, 1.54) is 5.39 Å². The molecule has 0 saturated heterocycles. The van der Waals surface area contributed by atoms with Gasteiger partial charge in [0.05, 0.1) is 11.8 Å². The fourth-order valence-electron chi connectivity index (χ4n) is 2.37. The zero-order valence-electron chi connectivity index (χ0n) is 11.9. The minimum Gasteiger partial charge on any atom is -0.387 e. The third-order valence-corrected chi connectivity index (χ3v) is 3.48. The van der Waals surface area contributed by atoms with Crippen LogP contribution in [0, 0.1) is 6.92 Å². The molecule has 108 valence electrons. The number of aliphatic hydroxyl groups is 1. The number of aliphatic hydroxyl groups excluding tert-OH is 1. The van der Waals surface area contributed by atoms with Gasteiger partial charge < -0.3 is 14.9 Å². The smallest absolute Gasteiger partial charge is 0.133 e. The van der Waals surface area contributed by atoms with Crippen LogP contribution in [0.2, 0.25) is 0 Å². The van der Waals surface area contributed by atoms with Crippen LogP contribution in [0.15, 0.2) is 53.1 Å². The van der Waals surface area contributed by atoms with Gasteiger partial charge in [0, 0.05) is 19.2 Å². The van der Waals surface area contributed by atoms with E-state index in [4.69, 9.17) is 4.52 Å². The fraction of sp³-hybridized carbons (Fsp3) is 0.235. The zero-order valence-corrected chi connectivity index (χ0v) is 11.9. The van der Waals surface area contributed by atoms with Gasteiger partial charge in [0.25, 0.3) is 0 Å². The maximum absolute atomic E-state index is 10.3. The molecule has 0 spiro atoms. The Morgan fingerprint density at radius 1 is 1.14 bits per heavy atom. The van der Waals surface area contributed by atoms with E-state index in [1.807, 2.05) is 43.3 Å². The number of aryl methyl sites for hydroxylation is 1. The standard InChI is InChI=1S/C17H18N2O2/c1-12-8-16(19-21-12)10-18-11-17(20)15-7-6-13-4-2-3-5-14(13)9-15/h2-9,17-18,20H,10-11H2,1H3. The van der Waals surface area contributed by atoms with E-state index in [1.54, 1.807) is 0 Å². The molecule has 4 nitrogen and oxygen atoms in total. The van der Waals surface area contributed by atoms with Gasteiger partial charge in [-0.2, -0.15) is 0 Å². The Bertz CT molecular complexity index is 736. The first-order valence-corrected chi connectivity index (χ1v) is 7.02. The van der Waals surface area contributed by atoms with Crippen molar-refractivity contribution in [3.05, 3.63) is 65.5 Å². The maximum atomic E-state index is 10.3. The lowest BCUT2D eigenvalue weighted by Crippen LogP contribution is -2.21. The molecule has 0 radical (unpaired) electrons. The van der Waals surface area contributed by atoms with Crippen molar-refractivity contribution in [3.8, 4) is 0 Å². The highest BCUT2D eigenvalue weighted by molar-refractivity contribution is 5.83. The molecule has 1 heterocycles. The van der Waals surface area contributed by atoms with Gasteiger partial charge in [-0.25, -0.2) is 0 Å². The molecule has 21 heavy (non-hydrogen) atoms. The van der Waals surface area contributed by atoms with Crippen LogP contribution in [-0.2, 0) is 6.54 Å². The highest BCUT2D eigenvalue weighted by Crippen LogP contribution is 2.20. The lowest BCUT2D eigenvalue weighted by molar-refractivity contribution is 0.174. The van der Waals surface area contributed by atoms with Crippen molar-refractivity contribution in [2.24, 2.45) is 0 Å². The van der Waals surface area contributed by atoms with Gasteiger partial charge in [0.2, 0.25) is 0 Å². The zero-order chi connectivity index (χ0) is 14.7. The second-order valence-corrected chi connectivity index (χ2v) is 5.18. The van der Waals surface area contributed by atoms with Crippen LogP contribution in [0.25, 0.3) is 10.8 Å². The number of benzene rings is 2. The Balaban J connectivity index is 1.62. The van der Waals surface area contributed by atoms with Crippen LogP contribution in [0.1, 0.15) is 23.1 Å². The minimum atomic E-state index is -0.539. The van der Waals surface area contributed by atoms with Crippen molar-refractivity contribution in [1.82, 2.24) is 10.5 Å². The van der Waals surface area contributed by atoms with Crippen molar-refractivity contribution in [3.63, 3.8) is 0 Å². The number of hydrogen-bond acceptors (Lipinski definition) is 4. The molecule has 0 aliphatic heterocycles. The number of nitrogens with one attached hydrogen (secondary N) is 1. The van der Waals surface area contributed by atoms with Crippen LogP contribution in [0.4, 0.5) is 0 Å². The lowest BCUT2D eigenvalue weighted by atomic mass is 10.0. The van der Waals surface area contributed by atoms with Crippen LogP contribution in [0.5, 0.6) is 0 Å². The van der Waals surface area contributed by atoms with Gasteiger partial charge in [-0.05, 0) is 29.3 Å². The summed E-state index contributed by atoms with van der Waals surface area (Å²) in [5.41, 5.74) is 1.76. The van der Waals surface area contributed by atoms with E-state index < -0.39 is 6.10 Å². The molecule has 1 aromatic heterocycles. The first-order valence-electron chi connectivity index (χ1n) is 7.02. The fourth-order valence-corrected chi connectivity index (χ4v) is 2.37. The predicted octanol–water partition coefficient (Wildman–Crippen LogP) is 2.96. The molecule has 0 amide bonds. The largest absolute Gasteiger partial charge is 0.387 e. The van der Waals surface area contributed by atoms with Crippen LogP contribution < -0.4 is 5.32 Å². The van der Waals surface area contributed by atoms with Gasteiger partial charge in [0.15, 0.2) is 0 Å². The highest BCUT2D eigenvalue weighted by Gasteiger charge is 2.08. The molecule has 2 aromatic carbocycles. The second-order valence-electron chi connectivity index (χ2n) is 5.18. The van der Waals surface area contributed by atoms with Crippen molar-refractivity contribution >= 4 is 10.8 Å². The topological polar surface area (TPSA) is 58.3 Å². The second kappa shape index (κ2) is 6.08. The maximum Gasteiger partial charge on any atom is 0.133 e. The van der Waals surface area contributed by atoms with Crippen molar-refractivity contribution in [2.75, 3.05) is 6.54 Å². The summed E-state index contributed by atoms with van der Waals surface area (Å²) in [5, 5.41) is 19.7. The Morgan fingerprint density at radius 2 is 1.95 bits per heavy atom. The molecule has 4 heteroatoms. The van der Waals surface area contributed by atoms with Gasteiger partial charge in [0.1, 0.15) is 5.76 Å². The Labute approximate surface area is 123 Å². The van der Waals surface area contributed by atoms with E-state index >= 15 is 0 Å². The third-order valence-electron chi connectivity index (χ3n) is 3.48. The van der Waals surface area contributed by atoms with E-state index in [-0.39, 0.29) is 0 Å². The average molecular weight is 282 g/mol. The highest BCUT2D eigenvalue weighted by atomic mass is 16.5. The first kappa shape index (κ1) is 13.8. The van der Waals surface area contributed by atoms with Crippen molar-refractivity contribution < 1.29 is 9.63 Å². The molecule has 1 atom stereocenters. The van der Waals surface area contributed by atoms with Crippen molar-refractivity contribution in [2.45, 2.75) is 19.6 Å². The van der Waals surface area contributed by atoms with E-state index in [2.05, 4.69) is 22.6 Å². The van der Waals surface area contributed by atoms with E-state index in [9.17, 15) is 5.11 Å². The van der Waals surface area contributed by atoms with Crippen molar-refractivity contribution in [1.29, 1.82) is 0 Å². The predicted molar refractivity (Wildman–Crippen MR) is 81.9 cm³/mol. The number of rotatable bonds is 5. The third kappa shape index (κ3) is 3.29. The molecular formula is C17H18N2O2.